The first-order valence-corrected chi connectivity index (χ1v) is 12.0. The van der Waals surface area contributed by atoms with Crippen LogP contribution in [0.2, 0.25) is 0 Å². The highest BCUT2D eigenvalue weighted by Crippen LogP contribution is 2.27. The van der Waals surface area contributed by atoms with Crippen molar-refractivity contribution in [2.24, 2.45) is 0 Å². The highest BCUT2D eigenvalue weighted by Gasteiger charge is 2.22. The van der Waals surface area contributed by atoms with E-state index in [1.807, 2.05) is 76.2 Å². The van der Waals surface area contributed by atoms with E-state index in [2.05, 4.69) is 29.8 Å². The number of para-hydroxylation sites is 2. The maximum atomic E-state index is 13.3. The van der Waals surface area contributed by atoms with Gasteiger partial charge in [0.15, 0.2) is 5.82 Å². The van der Waals surface area contributed by atoms with Gasteiger partial charge in [-0.1, -0.05) is 44.1 Å². The van der Waals surface area contributed by atoms with Crippen LogP contribution in [0, 0.1) is 6.92 Å². The largest absolute Gasteiger partial charge is 0.334 e. The predicted octanol–water partition coefficient (Wildman–Crippen LogP) is 5.59. The molecule has 1 amide bonds. The Kier molecular flexibility index (Phi) is 5.86. The Hall–Kier alpha value is -3.98. The summed E-state index contributed by atoms with van der Waals surface area (Å²) in [5.74, 6) is 0.816. The number of hydrogen-bond donors (Lipinski definition) is 1. The molecule has 0 unspecified atom stereocenters. The summed E-state index contributed by atoms with van der Waals surface area (Å²) in [5.41, 5.74) is 4.83. The molecule has 0 saturated carbocycles. The number of carbonyl (C=O) groups is 1. The second kappa shape index (κ2) is 8.99. The van der Waals surface area contributed by atoms with Crippen LogP contribution < -0.4 is 5.32 Å². The standard InChI is InChI=1S/C26H24N6O2S/c1-15-22(21(35-32-15)13-18-14-27-19-10-5-6-11-20(19)28-18)23(33)29-17-9-7-8-16(12-17)24-30-25(31-34-24)26(2,3)4/h5-12,14H,13H2,1-4H3,(H,29,33). The fourth-order valence-electron chi connectivity index (χ4n) is 3.64. The second-order valence-corrected chi connectivity index (χ2v) is 10.2. The highest BCUT2D eigenvalue weighted by atomic mass is 32.1. The monoisotopic (exact) mass is 484 g/mol. The van der Waals surface area contributed by atoms with Crippen molar-refractivity contribution < 1.29 is 9.32 Å². The molecule has 0 atom stereocenters. The van der Waals surface area contributed by atoms with Crippen molar-refractivity contribution in [1.29, 1.82) is 0 Å². The van der Waals surface area contributed by atoms with Gasteiger partial charge in [0.2, 0.25) is 0 Å². The number of nitrogens with one attached hydrogen (secondary N) is 1. The van der Waals surface area contributed by atoms with Gasteiger partial charge in [0.05, 0.1) is 28.0 Å². The average Bonchev–Trinajstić information content (AvgIpc) is 3.47. The summed E-state index contributed by atoms with van der Waals surface area (Å²) < 4.78 is 9.88. The number of benzene rings is 2. The van der Waals surface area contributed by atoms with Crippen LogP contribution in [-0.4, -0.2) is 30.4 Å². The fourth-order valence-corrected chi connectivity index (χ4v) is 4.52. The summed E-state index contributed by atoms with van der Waals surface area (Å²) in [4.78, 5) is 27.8. The second-order valence-electron chi connectivity index (χ2n) is 9.30. The van der Waals surface area contributed by atoms with Crippen molar-refractivity contribution in [1.82, 2.24) is 24.5 Å². The van der Waals surface area contributed by atoms with Crippen molar-refractivity contribution >= 4 is 34.2 Å². The maximum absolute atomic E-state index is 13.3. The van der Waals surface area contributed by atoms with E-state index in [1.54, 1.807) is 6.20 Å². The first kappa shape index (κ1) is 22.8. The summed E-state index contributed by atoms with van der Waals surface area (Å²) in [6, 6.07) is 15.1. The van der Waals surface area contributed by atoms with Gasteiger partial charge < -0.3 is 9.84 Å². The average molecular weight is 485 g/mol. The lowest BCUT2D eigenvalue weighted by atomic mass is 9.96. The molecule has 0 fully saturated rings. The molecule has 3 heterocycles. The molecule has 9 heteroatoms. The molecule has 5 rings (SSSR count). The van der Waals surface area contributed by atoms with Gasteiger partial charge in [-0.3, -0.25) is 9.78 Å². The third-order valence-electron chi connectivity index (χ3n) is 5.46. The number of rotatable bonds is 5. The van der Waals surface area contributed by atoms with Gasteiger partial charge in [0.1, 0.15) is 0 Å². The van der Waals surface area contributed by atoms with Gasteiger partial charge in [-0.25, -0.2) is 4.98 Å². The normalized spacial score (nSPS) is 11.7. The summed E-state index contributed by atoms with van der Waals surface area (Å²) in [6.07, 6.45) is 2.22. The van der Waals surface area contributed by atoms with E-state index < -0.39 is 0 Å². The molecule has 8 nitrogen and oxygen atoms in total. The molecule has 0 saturated heterocycles. The molecule has 0 aliphatic heterocycles. The first-order chi connectivity index (χ1) is 16.8. The maximum Gasteiger partial charge on any atom is 0.258 e. The SMILES string of the molecule is Cc1nsc(Cc2cnc3ccccc3n2)c1C(=O)Nc1cccc(-c2nc(C(C)(C)C)no2)c1. The van der Waals surface area contributed by atoms with E-state index in [0.717, 1.165) is 27.2 Å². The van der Waals surface area contributed by atoms with Crippen LogP contribution in [0.3, 0.4) is 0 Å². The van der Waals surface area contributed by atoms with E-state index >= 15 is 0 Å². The lowest BCUT2D eigenvalue weighted by molar-refractivity contribution is 0.102. The molecular weight excluding hydrogens is 460 g/mol. The van der Waals surface area contributed by atoms with Crippen molar-refractivity contribution in [3.05, 3.63) is 82.4 Å². The summed E-state index contributed by atoms with van der Waals surface area (Å²) in [7, 11) is 0. The molecule has 0 bridgehead atoms. The third-order valence-corrected chi connectivity index (χ3v) is 6.40. The number of nitrogens with zero attached hydrogens (tertiary/aromatic N) is 5. The molecular formula is C26H24N6O2S. The number of anilines is 1. The van der Waals surface area contributed by atoms with Crippen LogP contribution in [0.4, 0.5) is 5.69 Å². The quantitative estimate of drug-likeness (QED) is 0.347. The van der Waals surface area contributed by atoms with Crippen LogP contribution in [0.15, 0.2) is 59.3 Å². The van der Waals surface area contributed by atoms with Crippen LogP contribution in [0.5, 0.6) is 0 Å². The zero-order valence-corrected chi connectivity index (χ0v) is 20.7. The van der Waals surface area contributed by atoms with Gasteiger partial charge >= 0.3 is 0 Å². The first-order valence-electron chi connectivity index (χ1n) is 11.2. The number of carbonyl (C=O) groups excluding carboxylic acids is 1. The van der Waals surface area contributed by atoms with Crippen molar-refractivity contribution in [3.8, 4) is 11.5 Å². The van der Waals surface area contributed by atoms with Gasteiger partial charge in [-0.2, -0.15) is 9.36 Å². The summed E-state index contributed by atoms with van der Waals surface area (Å²) in [6.45, 7) is 7.91. The number of aromatic nitrogens is 5. The Labute approximate surface area is 206 Å². The Balaban J connectivity index is 1.37. The highest BCUT2D eigenvalue weighted by molar-refractivity contribution is 7.06. The zero-order valence-electron chi connectivity index (χ0n) is 19.9. The molecule has 3 aromatic heterocycles. The van der Waals surface area contributed by atoms with Gasteiger partial charge in [0, 0.05) is 34.2 Å². The topological polar surface area (TPSA) is 107 Å². The number of amides is 1. The van der Waals surface area contributed by atoms with Gasteiger partial charge in [-0.05, 0) is 48.8 Å². The van der Waals surface area contributed by atoms with Crippen LogP contribution in [-0.2, 0) is 11.8 Å². The summed E-state index contributed by atoms with van der Waals surface area (Å²) >= 11 is 1.31. The fraction of sp³-hybridized carbons (Fsp3) is 0.231. The van der Waals surface area contributed by atoms with Crippen molar-refractivity contribution in [2.45, 2.75) is 39.5 Å². The van der Waals surface area contributed by atoms with Crippen LogP contribution >= 0.6 is 11.5 Å². The predicted molar refractivity (Wildman–Crippen MR) is 136 cm³/mol. The molecule has 0 aliphatic carbocycles. The zero-order chi connectivity index (χ0) is 24.6. The molecule has 0 aliphatic rings. The Morgan fingerprint density at radius 2 is 1.86 bits per heavy atom. The van der Waals surface area contributed by atoms with Crippen molar-refractivity contribution in [3.63, 3.8) is 0 Å². The number of aryl methyl sites for hydroxylation is 1. The minimum Gasteiger partial charge on any atom is -0.334 e. The molecule has 5 aromatic rings. The van der Waals surface area contributed by atoms with E-state index in [4.69, 9.17) is 4.52 Å². The van der Waals surface area contributed by atoms with E-state index in [-0.39, 0.29) is 11.3 Å². The lowest BCUT2D eigenvalue weighted by Crippen LogP contribution is -2.14. The van der Waals surface area contributed by atoms with Crippen LogP contribution in [0.25, 0.3) is 22.5 Å². The molecule has 35 heavy (non-hydrogen) atoms. The Bertz CT molecular complexity index is 1530. The Morgan fingerprint density at radius 3 is 2.63 bits per heavy atom. The van der Waals surface area contributed by atoms with E-state index in [1.165, 1.54) is 11.5 Å². The van der Waals surface area contributed by atoms with E-state index in [9.17, 15) is 4.79 Å². The van der Waals surface area contributed by atoms with Gasteiger partial charge in [-0.15, -0.1) is 0 Å². The van der Waals surface area contributed by atoms with Crippen molar-refractivity contribution in [2.75, 3.05) is 5.32 Å². The molecule has 1 N–H and O–H groups in total. The smallest absolute Gasteiger partial charge is 0.258 e. The molecule has 0 radical (unpaired) electrons. The molecule has 2 aromatic carbocycles. The minimum atomic E-state index is -0.224. The lowest BCUT2D eigenvalue weighted by Gasteiger charge is -2.11. The summed E-state index contributed by atoms with van der Waals surface area (Å²) in [5, 5.41) is 7.08. The van der Waals surface area contributed by atoms with Gasteiger partial charge in [0.25, 0.3) is 11.8 Å². The molecule has 0 spiro atoms. The third kappa shape index (κ3) is 4.81. The number of hydrogen-bond acceptors (Lipinski definition) is 8. The minimum absolute atomic E-state index is 0.219. The Morgan fingerprint density at radius 1 is 1.06 bits per heavy atom. The van der Waals surface area contributed by atoms with Crippen LogP contribution in [0.1, 0.15) is 53.2 Å². The number of fused-ring (bicyclic) bond motifs is 1. The molecule has 176 valence electrons. The van der Waals surface area contributed by atoms with E-state index in [0.29, 0.717) is 35.1 Å².